The number of hydrogen-bond acceptors (Lipinski definition) is 5. The van der Waals surface area contributed by atoms with Crippen LogP contribution in [0.5, 0.6) is 0 Å². The predicted octanol–water partition coefficient (Wildman–Crippen LogP) is 3.35. The topological polar surface area (TPSA) is 76.4 Å². The molecule has 0 aliphatic carbocycles. The van der Waals surface area contributed by atoms with Crippen molar-refractivity contribution < 1.29 is 14.6 Å². The minimum atomic E-state index is -0.560. The fraction of sp³-hybridized carbons (Fsp3) is 0.176. The highest BCUT2D eigenvalue weighted by Gasteiger charge is 2.13. The molecule has 0 saturated heterocycles. The number of anilines is 1. The van der Waals surface area contributed by atoms with Crippen LogP contribution in [0.25, 0.3) is 10.6 Å². The molecule has 2 aromatic heterocycles. The van der Waals surface area contributed by atoms with Gasteiger partial charge in [-0.25, -0.2) is 9.48 Å². The summed E-state index contributed by atoms with van der Waals surface area (Å²) < 4.78 is 6.77. The molecule has 0 aliphatic rings. The molecule has 2 heterocycles. The van der Waals surface area contributed by atoms with Crippen LogP contribution in [0.3, 0.4) is 0 Å². The maximum Gasteiger partial charge on any atom is 0.413 e. The van der Waals surface area contributed by atoms with Crippen molar-refractivity contribution in [2.24, 2.45) is 0 Å². The number of hydrogen-bond donors (Lipinski definition) is 2. The quantitative estimate of drug-likeness (QED) is 0.719. The van der Waals surface area contributed by atoms with Gasteiger partial charge in [-0.05, 0) is 17.0 Å². The number of aromatic nitrogens is 2. The summed E-state index contributed by atoms with van der Waals surface area (Å²) in [4.78, 5) is 13.0. The summed E-state index contributed by atoms with van der Waals surface area (Å²) in [6.07, 6.45) is -0.560. The molecule has 0 atom stereocenters. The van der Waals surface area contributed by atoms with Crippen molar-refractivity contribution in [3.63, 3.8) is 0 Å². The van der Waals surface area contributed by atoms with E-state index < -0.39 is 6.09 Å². The first-order valence-electron chi connectivity index (χ1n) is 7.46. The van der Waals surface area contributed by atoms with Gasteiger partial charge in [-0.15, -0.1) is 11.3 Å². The lowest BCUT2D eigenvalue weighted by molar-refractivity contribution is 0.154. The van der Waals surface area contributed by atoms with Gasteiger partial charge in [-0.3, -0.25) is 5.32 Å². The molecule has 0 radical (unpaired) electrons. The van der Waals surface area contributed by atoms with Gasteiger partial charge in [0.1, 0.15) is 18.1 Å². The molecule has 2 N–H and O–H groups in total. The summed E-state index contributed by atoms with van der Waals surface area (Å²) in [5, 5.41) is 18.2. The molecule has 1 amide bonds. The number of aliphatic hydroxyl groups excluding tert-OH is 1. The number of rotatable bonds is 6. The third kappa shape index (κ3) is 4.01. The first-order valence-corrected chi connectivity index (χ1v) is 8.34. The Morgan fingerprint density at radius 2 is 2.08 bits per heavy atom. The SMILES string of the molecule is O=C(Nc1cc(-c2cccs2)nn1CCO)OCc1ccccc1. The largest absolute Gasteiger partial charge is 0.444 e. The number of benzene rings is 1. The van der Waals surface area contributed by atoms with Gasteiger partial charge in [0.05, 0.1) is 18.0 Å². The van der Waals surface area contributed by atoms with Gasteiger partial charge in [-0.2, -0.15) is 5.10 Å². The number of nitrogens with one attached hydrogen (secondary N) is 1. The summed E-state index contributed by atoms with van der Waals surface area (Å²) in [7, 11) is 0. The summed E-state index contributed by atoms with van der Waals surface area (Å²) in [5.41, 5.74) is 1.66. The lowest BCUT2D eigenvalue weighted by Gasteiger charge is -2.08. The van der Waals surface area contributed by atoms with Gasteiger partial charge in [0.25, 0.3) is 0 Å². The van der Waals surface area contributed by atoms with Crippen molar-refractivity contribution in [3.05, 3.63) is 59.5 Å². The van der Waals surface area contributed by atoms with Crippen LogP contribution in [-0.2, 0) is 17.9 Å². The summed E-state index contributed by atoms with van der Waals surface area (Å²) in [5.74, 6) is 0.491. The van der Waals surface area contributed by atoms with Crippen LogP contribution < -0.4 is 5.32 Å². The summed E-state index contributed by atoms with van der Waals surface area (Å²) in [6, 6.07) is 15.1. The second kappa shape index (κ2) is 7.76. The van der Waals surface area contributed by atoms with Crippen LogP contribution in [0.2, 0.25) is 0 Å². The smallest absolute Gasteiger partial charge is 0.413 e. The van der Waals surface area contributed by atoms with Crippen LogP contribution >= 0.6 is 11.3 Å². The third-order valence-corrected chi connectivity index (χ3v) is 4.20. The molecule has 0 fully saturated rings. The van der Waals surface area contributed by atoms with Crippen molar-refractivity contribution in [1.29, 1.82) is 0 Å². The van der Waals surface area contributed by atoms with E-state index in [2.05, 4.69) is 10.4 Å². The number of aliphatic hydroxyl groups is 1. The molecule has 24 heavy (non-hydrogen) atoms. The molecule has 1 aromatic carbocycles. The van der Waals surface area contributed by atoms with Gasteiger partial charge < -0.3 is 9.84 Å². The average molecular weight is 343 g/mol. The molecule has 7 heteroatoms. The second-order valence-corrected chi connectivity index (χ2v) is 5.97. The fourth-order valence-corrected chi connectivity index (χ4v) is 2.87. The summed E-state index contributed by atoms with van der Waals surface area (Å²) >= 11 is 1.56. The normalized spacial score (nSPS) is 10.5. The van der Waals surface area contributed by atoms with Gasteiger partial charge in [0.2, 0.25) is 0 Å². The molecule has 0 unspecified atom stereocenters. The Balaban J connectivity index is 1.68. The lowest BCUT2D eigenvalue weighted by Crippen LogP contribution is -2.17. The van der Waals surface area contributed by atoms with E-state index in [9.17, 15) is 4.79 Å². The zero-order chi connectivity index (χ0) is 16.8. The molecule has 0 saturated carbocycles. The Labute approximate surface area is 143 Å². The number of thiophene rings is 1. The number of amides is 1. The highest BCUT2D eigenvalue weighted by Crippen LogP contribution is 2.26. The molecule has 3 aromatic rings. The predicted molar refractivity (Wildman–Crippen MR) is 92.9 cm³/mol. The molecule has 0 spiro atoms. The van der Waals surface area contributed by atoms with Crippen molar-refractivity contribution >= 4 is 23.2 Å². The molecular weight excluding hydrogens is 326 g/mol. The van der Waals surface area contributed by atoms with E-state index in [1.807, 2.05) is 47.8 Å². The van der Waals surface area contributed by atoms with E-state index in [4.69, 9.17) is 9.84 Å². The zero-order valence-corrected chi connectivity index (χ0v) is 13.7. The Bertz CT molecular complexity index is 785. The number of carbonyl (C=O) groups is 1. The maximum atomic E-state index is 12.0. The molecular formula is C17H17N3O3S. The first kappa shape index (κ1) is 16.2. The van der Waals surface area contributed by atoms with Crippen molar-refractivity contribution in [1.82, 2.24) is 9.78 Å². The maximum absolute atomic E-state index is 12.0. The Hall–Kier alpha value is -2.64. The van der Waals surface area contributed by atoms with Crippen LogP contribution in [0.1, 0.15) is 5.56 Å². The fourth-order valence-electron chi connectivity index (χ4n) is 2.19. The number of nitrogens with zero attached hydrogens (tertiary/aromatic N) is 2. The van der Waals surface area contributed by atoms with E-state index in [0.717, 1.165) is 16.1 Å². The van der Waals surface area contributed by atoms with E-state index in [1.54, 1.807) is 22.1 Å². The van der Waals surface area contributed by atoms with Gasteiger partial charge in [-0.1, -0.05) is 36.4 Å². The van der Waals surface area contributed by atoms with E-state index in [0.29, 0.717) is 12.4 Å². The van der Waals surface area contributed by atoms with Crippen LogP contribution in [-0.4, -0.2) is 27.6 Å². The van der Waals surface area contributed by atoms with Crippen molar-refractivity contribution in [2.75, 3.05) is 11.9 Å². The molecule has 6 nitrogen and oxygen atoms in total. The molecule has 0 bridgehead atoms. The van der Waals surface area contributed by atoms with Crippen LogP contribution in [0, 0.1) is 0 Å². The van der Waals surface area contributed by atoms with E-state index in [1.165, 1.54) is 0 Å². The Kier molecular flexibility index (Phi) is 5.25. The zero-order valence-electron chi connectivity index (χ0n) is 12.9. The Morgan fingerprint density at radius 3 is 2.79 bits per heavy atom. The number of ether oxygens (including phenoxy) is 1. The van der Waals surface area contributed by atoms with Crippen LogP contribution in [0.4, 0.5) is 10.6 Å². The number of carbonyl (C=O) groups excluding carboxylic acids is 1. The minimum Gasteiger partial charge on any atom is -0.444 e. The Morgan fingerprint density at radius 1 is 1.25 bits per heavy atom. The second-order valence-electron chi connectivity index (χ2n) is 5.03. The van der Waals surface area contributed by atoms with E-state index in [-0.39, 0.29) is 13.2 Å². The van der Waals surface area contributed by atoms with Crippen molar-refractivity contribution in [3.8, 4) is 10.6 Å². The summed E-state index contributed by atoms with van der Waals surface area (Å²) in [6.45, 7) is 0.414. The molecule has 0 aliphatic heterocycles. The monoisotopic (exact) mass is 343 g/mol. The van der Waals surface area contributed by atoms with Crippen LogP contribution in [0.15, 0.2) is 53.9 Å². The average Bonchev–Trinajstić information content (AvgIpc) is 3.25. The third-order valence-electron chi connectivity index (χ3n) is 3.31. The van der Waals surface area contributed by atoms with Gasteiger partial charge in [0, 0.05) is 6.07 Å². The van der Waals surface area contributed by atoms with Gasteiger partial charge in [0.15, 0.2) is 0 Å². The van der Waals surface area contributed by atoms with E-state index >= 15 is 0 Å². The molecule has 3 rings (SSSR count). The van der Waals surface area contributed by atoms with Crippen molar-refractivity contribution in [2.45, 2.75) is 13.2 Å². The van der Waals surface area contributed by atoms with Gasteiger partial charge >= 0.3 is 6.09 Å². The minimum absolute atomic E-state index is 0.0701. The first-order chi connectivity index (χ1) is 11.8. The lowest BCUT2D eigenvalue weighted by atomic mass is 10.2. The highest BCUT2D eigenvalue weighted by atomic mass is 32.1. The molecule has 124 valence electrons. The highest BCUT2D eigenvalue weighted by molar-refractivity contribution is 7.13. The standard InChI is InChI=1S/C17H17N3O3S/c21-9-8-20-16(11-14(19-20)15-7-4-10-24-15)18-17(22)23-12-13-5-2-1-3-6-13/h1-7,10-11,21H,8-9,12H2,(H,18,22).